The second-order valence-corrected chi connectivity index (χ2v) is 6.15. The first kappa shape index (κ1) is 15.8. The highest BCUT2D eigenvalue weighted by atomic mass is 16.5. The SMILES string of the molecule is CCNc1nc(NC2CCOC(C)(C)C2)nc(N(C)C)n1. The molecule has 0 aliphatic carbocycles. The summed E-state index contributed by atoms with van der Waals surface area (Å²) >= 11 is 0. The Morgan fingerprint density at radius 1 is 1.24 bits per heavy atom. The van der Waals surface area contributed by atoms with Crippen LogP contribution < -0.4 is 15.5 Å². The molecule has 0 saturated carbocycles. The zero-order chi connectivity index (χ0) is 15.5. The topological polar surface area (TPSA) is 75.2 Å². The van der Waals surface area contributed by atoms with Crippen molar-refractivity contribution in [2.24, 2.45) is 0 Å². The van der Waals surface area contributed by atoms with Crippen molar-refractivity contribution in [3.8, 4) is 0 Å². The molecule has 1 aromatic rings. The lowest BCUT2D eigenvalue weighted by atomic mass is 9.94. The number of hydrogen-bond donors (Lipinski definition) is 2. The number of nitrogens with zero attached hydrogens (tertiary/aromatic N) is 4. The van der Waals surface area contributed by atoms with Crippen molar-refractivity contribution in [1.82, 2.24) is 15.0 Å². The standard InChI is InChI=1S/C14H26N6O/c1-6-15-11-17-12(19-13(18-11)20(4)5)16-10-7-8-21-14(2,3)9-10/h10H,6-9H2,1-5H3,(H2,15,16,17,18,19). The van der Waals surface area contributed by atoms with Crippen molar-refractivity contribution in [3.63, 3.8) is 0 Å². The quantitative estimate of drug-likeness (QED) is 0.856. The highest BCUT2D eigenvalue weighted by Gasteiger charge is 2.29. The van der Waals surface area contributed by atoms with Crippen LogP contribution in [-0.2, 0) is 4.74 Å². The van der Waals surface area contributed by atoms with Crippen LogP contribution in [-0.4, -0.2) is 53.8 Å². The molecular formula is C14H26N6O. The third-order valence-corrected chi connectivity index (χ3v) is 3.39. The molecule has 7 heteroatoms. The summed E-state index contributed by atoms with van der Waals surface area (Å²) in [4.78, 5) is 15.2. The van der Waals surface area contributed by atoms with E-state index in [0.717, 1.165) is 26.0 Å². The van der Waals surface area contributed by atoms with E-state index < -0.39 is 0 Å². The first-order valence-corrected chi connectivity index (χ1v) is 7.47. The third kappa shape index (κ3) is 4.42. The third-order valence-electron chi connectivity index (χ3n) is 3.39. The maximum Gasteiger partial charge on any atom is 0.231 e. The van der Waals surface area contributed by atoms with Crippen LogP contribution in [0.5, 0.6) is 0 Å². The van der Waals surface area contributed by atoms with Gasteiger partial charge in [0, 0.05) is 33.3 Å². The molecule has 1 unspecified atom stereocenters. The average molecular weight is 294 g/mol. The van der Waals surface area contributed by atoms with Crippen LogP contribution in [0.3, 0.4) is 0 Å². The highest BCUT2D eigenvalue weighted by Crippen LogP contribution is 2.26. The van der Waals surface area contributed by atoms with Gasteiger partial charge in [-0.05, 0) is 33.6 Å². The summed E-state index contributed by atoms with van der Waals surface area (Å²) in [5.41, 5.74) is -0.0994. The number of anilines is 3. The molecule has 0 aromatic carbocycles. The summed E-state index contributed by atoms with van der Waals surface area (Å²) < 4.78 is 5.74. The van der Waals surface area contributed by atoms with Crippen LogP contribution in [0.2, 0.25) is 0 Å². The van der Waals surface area contributed by atoms with E-state index in [9.17, 15) is 0 Å². The summed E-state index contributed by atoms with van der Waals surface area (Å²) in [6.07, 6.45) is 1.90. The number of rotatable bonds is 5. The van der Waals surface area contributed by atoms with Gasteiger partial charge in [0.1, 0.15) is 0 Å². The van der Waals surface area contributed by atoms with Crippen molar-refractivity contribution >= 4 is 17.8 Å². The largest absolute Gasteiger partial charge is 0.375 e. The van der Waals surface area contributed by atoms with E-state index in [-0.39, 0.29) is 5.60 Å². The second kappa shape index (κ2) is 6.43. The molecule has 2 heterocycles. The first-order chi connectivity index (χ1) is 9.89. The van der Waals surface area contributed by atoms with E-state index in [1.807, 2.05) is 25.9 Å². The highest BCUT2D eigenvalue weighted by molar-refractivity contribution is 5.43. The van der Waals surface area contributed by atoms with Crippen LogP contribution in [0.4, 0.5) is 17.8 Å². The Kier molecular flexibility index (Phi) is 4.82. The molecule has 21 heavy (non-hydrogen) atoms. The number of hydrogen-bond acceptors (Lipinski definition) is 7. The Morgan fingerprint density at radius 2 is 1.95 bits per heavy atom. The van der Waals surface area contributed by atoms with Gasteiger partial charge in [0.15, 0.2) is 0 Å². The Balaban J connectivity index is 2.14. The molecule has 0 radical (unpaired) electrons. The van der Waals surface area contributed by atoms with E-state index >= 15 is 0 Å². The van der Waals surface area contributed by atoms with Crippen molar-refractivity contribution in [2.75, 3.05) is 42.8 Å². The van der Waals surface area contributed by atoms with Gasteiger partial charge in [0.2, 0.25) is 17.8 Å². The second-order valence-electron chi connectivity index (χ2n) is 6.15. The predicted molar refractivity (Wildman–Crippen MR) is 85.0 cm³/mol. The van der Waals surface area contributed by atoms with Gasteiger partial charge in [-0.1, -0.05) is 0 Å². The van der Waals surface area contributed by atoms with Crippen molar-refractivity contribution in [1.29, 1.82) is 0 Å². The molecule has 0 spiro atoms. The molecule has 1 fully saturated rings. The average Bonchev–Trinajstić information content (AvgIpc) is 2.37. The Labute approximate surface area is 126 Å². The molecule has 0 bridgehead atoms. The van der Waals surface area contributed by atoms with Crippen molar-refractivity contribution < 1.29 is 4.74 Å². The van der Waals surface area contributed by atoms with Gasteiger partial charge in [0.05, 0.1) is 5.60 Å². The van der Waals surface area contributed by atoms with E-state index in [2.05, 4.69) is 39.4 Å². The summed E-state index contributed by atoms with van der Waals surface area (Å²) in [7, 11) is 3.85. The van der Waals surface area contributed by atoms with E-state index in [4.69, 9.17) is 4.74 Å². The zero-order valence-corrected chi connectivity index (χ0v) is 13.6. The van der Waals surface area contributed by atoms with E-state index in [1.165, 1.54) is 0 Å². The Hall–Kier alpha value is -1.63. The van der Waals surface area contributed by atoms with Crippen LogP contribution in [0.1, 0.15) is 33.6 Å². The van der Waals surface area contributed by atoms with Crippen molar-refractivity contribution in [2.45, 2.75) is 45.3 Å². The molecule has 118 valence electrons. The smallest absolute Gasteiger partial charge is 0.231 e. The van der Waals surface area contributed by atoms with Gasteiger partial charge < -0.3 is 20.3 Å². The minimum atomic E-state index is -0.0994. The minimum absolute atomic E-state index is 0.0994. The fourth-order valence-corrected chi connectivity index (χ4v) is 2.40. The van der Waals surface area contributed by atoms with Crippen LogP contribution >= 0.6 is 0 Å². The van der Waals surface area contributed by atoms with Gasteiger partial charge in [-0.3, -0.25) is 0 Å². The lowest BCUT2D eigenvalue weighted by Gasteiger charge is -2.35. The van der Waals surface area contributed by atoms with Gasteiger partial charge >= 0.3 is 0 Å². The molecule has 1 aliphatic rings. The van der Waals surface area contributed by atoms with Gasteiger partial charge in [-0.25, -0.2) is 0 Å². The number of ether oxygens (including phenoxy) is 1. The number of nitrogens with one attached hydrogen (secondary N) is 2. The molecule has 0 amide bonds. The summed E-state index contributed by atoms with van der Waals surface area (Å²) in [5, 5.41) is 6.56. The van der Waals surface area contributed by atoms with Crippen LogP contribution in [0.25, 0.3) is 0 Å². The first-order valence-electron chi connectivity index (χ1n) is 7.47. The predicted octanol–water partition coefficient (Wildman–Crippen LogP) is 1.74. The van der Waals surface area contributed by atoms with Crippen LogP contribution in [0.15, 0.2) is 0 Å². The number of aromatic nitrogens is 3. The molecule has 1 atom stereocenters. The van der Waals surface area contributed by atoms with Gasteiger partial charge in [-0.2, -0.15) is 15.0 Å². The molecule has 2 N–H and O–H groups in total. The maximum atomic E-state index is 5.74. The Morgan fingerprint density at radius 3 is 2.57 bits per heavy atom. The molecule has 7 nitrogen and oxygen atoms in total. The Bertz CT molecular complexity index is 477. The summed E-state index contributed by atoms with van der Waals surface area (Å²) in [6.45, 7) is 7.79. The molecule has 1 aliphatic heterocycles. The fraction of sp³-hybridized carbons (Fsp3) is 0.786. The van der Waals surface area contributed by atoms with E-state index in [1.54, 1.807) is 0 Å². The van der Waals surface area contributed by atoms with E-state index in [0.29, 0.717) is 23.9 Å². The van der Waals surface area contributed by atoms with Gasteiger partial charge in [0.25, 0.3) is 0 Å². The van der Waals surface area contributed by atoms with Crippen LogP contribution in [0, 0.1) is 0 Å². The lowest BCUT2D eigenvalue weighted by molar-refractivity contribution is -0.0553. The lowest BCUT2D eigenvalue weighted by Crippen LogP contribution is -2.40. The molecule has 2 rings (SSSR count). The van der Waals surface area contributed by atoms with Gasteiger partial charge in [-0.15, -0.1) is 0 Å². The monoisotopic (exact) mass is 294 g/mol. The maximum absolute atomic E-state index is 5.74. The minimum Gasteiger partial charge on any atom is -0.375 e. The fourth-order valence-electron chi connectivity index (χ4n) is 2.40. The zero-order valence-electron chi connectivity index (χ0n) is 13.6. The summed E-state index contributed by atoms with van der Waals surface area (Å²) in [6, 6.07) is 0.320. The molecule has 1 saturated heterocycles. The van der Waals surface area contributed by atoms with Crippen molar-refractivity contribution in [3.05, 3.63) is 0 Å². The molecular weight excluding hydrogens is 268 g/mol. The summed E-state index contributed by atoms with van der Waals surface area (Å²) in [5.74, 6) is 1.87. The normalized spacial score (nSPS) is 20.9. The molecule has 1 aromatic heterocycles.